The molecule has 8 heteroatoms. The second kappa shape index (κ2) is 6.84. The van der Waals surface area contributed by atoms with Crippen LogP contribution >= 0.6 is 11.5 Å². The minimum absolute atomic E-state index is 0.429. The first kappa shape index (κ1) is 16.7. The lowest BCUT2D eigenvalue weighted by Gasteiger charge is -2.22. The highest BCUT2D eigenvalue weighted by atomic mass is 32.1. The maximum absolute atomic E-state index is 5.11. The normalized spacial score (nSPS) is 22.9. The van der Waals surface area contributed by atoms with E-state index in [1.807, 2.05) is 0 Å². The third-order valence-electron chi connectivity index (χ3n) is 5.08. The quantitative estimate of drug-likeness (QED) is 0.809. The highest BCUT2D eigenvalue weighted by Gasteiger charge is 2.41. The highest BCUT2D eigenvalue weighted by molar-refractivity contribution is 7.09. The Hall–Kier alpha value is -1.80. The number of ether oxygens (including phenoxy) is 1. The van der Waals surface area contributed by atoms with Crippen molar-refractivity contribution >= 4 is 22.5 Å². The Kier molecular flexibility index (Phi) is 4.56. The van der Waals surface area contributed by atoms with Gasteiger partial charge in [-0.1, -0.05) is 13.8 Å². The van der Waals surface area contributed by atoms with E-state index in [0.29, 0.717) is 24.4 Å². The molecule has 0 radical (unpaired) electrons. The fourth-order valence-electron chi connectivity index (χ4n) is 3.75. The standard InChI is InChI=1S/C17H24N6OS/c1-11(2)14-4-16(19-10-18-14)22-5-12-7-23(8-13(12)6-22)17-20-15(9-24-3)21-25-17/h4,10-13H,5-9H2,1-3H3. The summed E-state index contributed by atoms with van der Waals surface area (Å²) in [6.45, 7) is 9.02. The molecule has 2 aliphatic rings. The van der Waals surface area contributed by atoms with Crippen LogP contribution < -0.4 is 9.80 Å². The maximum Gasteiger partial charge on any atom is 0.205 e. The van der Waals surface area contributed by atoms with Gasteiger partial charge in [0.2, 0.25) is 5.13 Å². The molecule has 0 N–H and O–H groups in total. The van der Waals surface area contributed by atoms with E-state index in [-0.39, 0.29) is 0 Å². The number of fused-ring (bicyclic) bond motifs is 1. The molecule has 0 bridgehead atoms. The molecule has 2 unspecified atom stereocenters. The molecule has 2 aromatic rings. The van der Waals surface area contributed by atoms with Crippen LogP contribution in [0.4, 0.5) is 10.9 Å². The molecule has 0 aromatic carbocycles. The Morgan fingerprint density at radius 1 is 1.16 bits per heavy atom. The predicted molar refractivity (Wildman–Crippen MR) is 98.1 cm³/mol. The second-order valence-electron chi connectivity index (χ2n) is 7.21. The molecule has 2 atom stereocenters. The fraction of sp³-hybridized carbons (Fsp3) is 0.647. The molecule has 134 valence electrons. The van der Waals surface area contributed by atoms with Crippen LogP contribution in [0.5, 0.6) is 0 Å². The number of hydrogen-bond acceptors (Lipinski definition) is 8. The number of anilines is 2. The lowest BCUT2D eigenvalue weighted by atomic mass is 10.0. The largest absolute Gasteiger partial charge is 0.377 e. The van der Waals surface area contributed by atoms with Crippen LogP contribution in [0.2, 0.25) is 0 Å². The summed E-state index contributed by atoms with van der Waals surface area (Å²) in [6.07, 6.45) is 1.70. The van der Waals surface area contributed by atoms with Crippen molar-refractivity contribution in [3.8, 4) is 0 Å². The third-order valence-corrected chi connectivity index (χ3v) is 5.89. The first-order valence-electron chi connectivity index (χ1n) is 8.77. The van der Waals surface area contributed by atoms with Crippen molar-refractivity contribution in [2.75, 3.05) is 43.1 Å². The van der Waals surface area contributed by atoms with Crippen LogP contribution in [0.3, 0.4) is 0 Å². The number of hydrogen-bond donors (Lipinski definition) is 0. The van der Waals surface area contributed by atoms with Crippen LogP contribution in [-0.2, 0) is 11.3 Å². The van der Waals surface area contributed by atoms with Gasteiger partial charge in [0.15, 0.2) is 5.82 Å². The topological polar surface area (TPSA) is 67.3 Å². The molecule has 4 heterocycles. The van der Waals surface area contributed by atoms with Gasteiger partial charge in [-0.2, -0.15) is 4.37 Å². The summed E-state index contributed by atoms with van der Waals surface area (Å²) >= 11 is 1.48. The number of rotatable bonds is 5. The Labute approximate surface area is 152 Å². The van der Waals surface area contributed by atoms with Crippen LogP contribution in [-0.4, -0.2) is 52.6 Å². The van der Waals surface area contributed by atoms with Crippen molar-refractivity contribution < 1.29 is 4.74 Å². The lowest BCUT2D eigenvalue weighted by molar-refractivity contribution is 0.179. The zero-order valence-corrected chi connectivity index (χ0v) is 15.7. The zero-order valence-electron chi connectivity index (χ0n) is 14.9. The molecule has 4 rings (SSSR count). The van der Waals surface area contributed by atoms with Gasteiger partial charge in [-0.3, -0.25) is 0 Å². The first-order chi connectivity index (χ1) is 12.1. The van der Waals surface area contributed by atoms with E-state index in [9.17, 15) is 0 Å². The summed E-state index contributed by atoms with van der Waals surface area (Å²) in [7, 11) is 1.67. The molecule has 2 aliphatic heterocycles. The summed E-state index contributed by atoms with van der Waals surface area (Å²) < 4.78 is 9.48. The smallest absolute Gasteiger partial charge is 0.205 e. The van der Waals surface area contributed by atoms with Gasteiger partial charge in [0.05, 0.1) is 0 Å². The Morgan fingerprint density at radius 2 is 1.88 bits per heavy atom. The van der Waals surface area contributed by atoms with Crippen LogP contribution in [0, 0.1) is 11.8 Å². The van der Waals surface area contributed by atoms with Crippen molar-refractivity contribution in [2.45, 2.75) is 26.4 Å². The van der Waals surface area contributed by atoms with E-state index in [4.69, 9.17) is 4.74 Å². The number of nitrogens with zero attached hydrogens (tertiary/aromatic N) is 6. The van der Waals surface area contributed by atoms with Gasteiger partial charge < -0.3 is 14.5 Å². The van der Waals surface area contributed by atoms with E-state index >= 15 is 0 Å². The van der Waals surface area contributed by atoms with Crippen molar-refractivity contribution in [2.24, 2.45) is 11.8 Å². The molecular weight excluding hydrogens is 336 g/mol. The van der Waals surface area contributed by atoms with Gasteiger partial charge in [0, 0.05) is 68.4 Å². The molecule has 7 nitrogen and oxygen atoms in total. The molecule has 0 aliphatic carbocycles. The minimum Gasteiger partial charge on any atom is -0.377 e. The van der Waals surface area contributed by atoms with Crippen LogP contribution in [0.15, 0.2) is 12.4 Å². The lowest BCUT2D eigenvalue weighted by Crippen LogP contribution is -2.29. The summed E-state index contributed by atoms with van der Waals surface area (Å²) in [5, 5.41) is 1.03. The van der Waals surface area contributed by atoms with Crippen molar-refractivity contribution in [1.29, 1.82) is 0 Å². The summed E-state index contributed by atoms with van der Waals surface area (Å²) in [5.41, 5.74) is 1.11. The average Bonchev–Trinajstić information content (AvgIpc) is 3.29. The number of aromatic nitrogens is 4. The molecule has 2 saturated heterocycles. The second-order valence-corrected chi connectivity index (χ2v) is 7.94. The van der Waals surface area contributed by atoms with E-state index in [1.165, 1.54) is 11.5 Å². The van der Waals surface area contributed by atoms with Crippen molar-refractivity contribution in [3.05, 3.63) is 23.9 Å². The predicted octanol–water partition coefficient (Wildman–Crippen LogP) is 2.17. The van der Waals surface area contributed by atoms with Gasteiger partial charge >= 0.3 is 0 Å². The monoisotopic (exact) mass is 360 g/mol. The fourth-order valence-corrected chi connectivity index (χ4v) is 4.44. The van der Waals surface area contributed by atoms with Crippen LogP contribution in [0.1, 0.15) is 31.3 Å². The Balaban J connectivity index is 1.41. The molecule has 0 amide bonds. The summed E-state index contributed by atoms with van der Waals surface area (Å²) in [4.78, 5) is 18.3. The van der Waals surface area contributed by atoms with Crippen molar-refractivity contribution in [3.63, 3.8) is 0 Å². The molecular formula is C17H24N6OS. The third kappa shape index (κ3) is 3.32. The number of methoxy groups -OCH3 is 1. The Bertz CT molecular complexity index is 721. The first-order valence-corrected chi connectivity index (χ1v) is 9.54. The maximum atomic E-state index is 5.11. The van der Waals surface area contributed by atoms with Gasteiger partial charge in [-0.25, -0.2) is 15.0 Å². The molecule has 2 aromatic heterocycles. The molecule has 0 spiro atoms. The van der Waals surface area contributed by atoms with E-state index in [0.717, 1.165) is 48.6 Å². The summed E-state index contributed by atoms with van der Waals surface area (Å²) in [6, 6.07) is 2.14. The van der Waals surface area contributed by atoms with E-state index < -0.39 is 0 Å². The molecule has 2 fully saturated rings. The van der Waals surface area contributed by atoms with Crippen LogP contribution in [0.25, 0.3) is 0 Å². The zero-order chi connectivity index (χ0) is 17.4. The highest BCUT2D eigenvalue weighted by Crippen LogP contribution is 2.36. The molecule has 25 heavy (non-hydrogen) atoms. The van der Waals surface area contributed by atoms with Gasteiger partial charge in [-0.05, 0) is 5.92 Å². The van der Waals surface area contributed by atoms with Gasteiger partial charge in [0.25, 0.3) is 0 Å². The SMILES string of the molecule is COCc1nsc(N2CC3CN(c4cc(C(C)C)ncn4)CC3C2)n1. The average molecular weight is 360 g/mol. The van der Waals surface area contributed by atoms with Crippen molar-refractivity contribution in [1.82, 2.24) is 19.3 Å². The minimum atomic E-state index is 0.429. The molecule has 0 saturated carbocycles. The van der Waals surface area contributed by atoms with Gasteiger partial charge in [0.1, 0.15) is 18.8 Å². The van der Waals surface area contributed by atoms with E-state index in [2.05, 4.69) is 49.0 Å². The Morgan fingerprint density at radius 3 is 2.56 bits per heavy atom. The van der Waals surface area contributed by atoms with E-state index in [1.54, 1.807) is 13.4 Å². The summed E-state index contributed by atoms with van der Waals surface area (Å²) in [5.74, 6) is 3.60. The van der Waals surface area contributed by atoms with Gasteiger partial charge in [-0.15, -0.1) is 0 Å².